The second kappa shape index (κ2) is 9.46. The highest BCUT2D eigenvalue weighted by molar-refractivity contribution is 5.76. The van der Waals surface area contributed by atoms with Gasteiger partial charge in [-0.3, -0.25) is 9.78 Å². The van der Waals surface area contributed by atoms with Gasteiger partial charge in [0.2, 0.25) is 5.91 Å². The highest BCUT2D eigenvalue weighted by atomic mass is 19.1. The summed E-state index contributed by atoms with van der Waals surface area (Å²) in [7, 11) is 0. The number of halogens is 1. The second-order valence-corrected chi connectivity index (χ2v) is 7.10. The lowest BCUT2D eigenvalue weighted by Gasteiger charge is -2.27. The van der Waals surface area contributed by atoms with Gasteiger partial charge < -0.3 is 15.4 Å². The number of nitrogens with one attached hydrogen (secondary N) is 2. The van der Waals surface area contributed by atoms with Gasteiger partial charge in [-0.25, -0.2) is 4.39 Å². The Hall–Kier alpha value is -2.47. The number of rotatable bonds is 7. The molecule has 1 aliphatic rings. The van der Waals surface area contributed by atoms with Gasteiger partial charge in [0, 0.05) is 19.2 Å². The zero-order valence-corrected chi connectivity index (χ0v) is 15.6. The van der Waals surface area contributed by atoms with Crippen molar-refractivity contribution < 1.29 is 13.9 Å². The number of piperidine rings is 1. The van der Waals surface area contributed by atoms with E-state index in [1.165, 1.54) is 12.3 Å². The molecule has 1 atom stereocenters. The van der Waals surface area contributed by atoms with E-state index in [9.17, 15) is 9.18 Å². The van der Waals surface area contributed by atoms with E-state index in [0.29, 0.717) is 36.1 Å². The van der Waals surface area contributed by atoms with Crippen molar-refractivity contribution >= 4 is 5.91 Å². The summed E-state index contributed by atoms with van der Waals surface area (Å²) in [5.41, 5.74) is 0.703. The maximum atomic E-state index is 14.2. The van der Waals surface area contributed by atoms with E-state index in [2.05, 4.69) is 22.5 Å². The third kappa shape index (κ3) is 5.76. The van der Waals surface area contributed by atoms with Gasteiger partial charge in [0.15, 0.2) is 11.6 Å². The Morgan fingerprint density at radius 3 is 2.89 bits per heavy atom. The number of hydrogen-bond donors (Lipinski definition) is 2. The van der Waals surface area contributed by atoms with Gasteiger partial charge in [-0.1, -0.05) is 13.0 Å². The quantitative estimate of drug-likeness (QED) is 0.780. The number of carbonyl (C=O) groups is 1. The van der Waals surface area contributed by atoms with E-state index in [4.69, 9.17) is 4.74 Å². The van der Waals surface area contributed by atoms with Crippen LogP contribution in [0.25, 0.3) is 0 Å². The standard InChI is InChI=1S/C21H26FN3O2/c1-15(17-6-9-23-10-7-17)11-21(26)25-13-16-4-5-20(19(22)12-16)27-18-3-2-8-24-14-18/h2-5,8,12,14-15,17,23H,6-7,9-11,13H2,1H3,(H,25,26). The van der Waals surface area contributed by atoms with Gasteiger partial charge in [-0.05, 0) is 67.6 Å². The van der Waals surface area contributed by atoms with E-state index in [1.54, 1.807) is 30.5 Å². The van der Waals surface area contributed by atoms with Crippen LogP contribution >= 0.6 is 0 Å². The van der Waals surface area contributed by atoms with Crippen LogP contribution in [0.4, 0.5) is 4.39 Å². The first-order valence-corrected chi connectivity index (χ1v) is 9.45. The van der Waals surface area contributed by atoms with Crippen molar-refractivity contribution in [3.8, 4) is 11.5 Å². The van der Waals surface area contributed by atoms with Gasteiger partial charge in [-0.15, -0.1) is 0 Å². The summed E-state index contributed by atoms with van der Waals surface area (Å²) in [6, 6.07) is 8.15. The highest BCUT2D eigenvalue weighted by Gasteiger charge is 2.21. The smallest absolute Gasteiger partial charge is 0.220 e. The number of ether oxygens (including phenoxy) is 1. The zero-order chi connectivity index (χ0) is 19.1. The van der Waals surface area contributed by atoms with Crippen LogP contribution in [0.15, 0.2) is 42.7 Å². The average Bonchev–Trinajstić information content (AvgIpc) is 2.70. The number of amides is 1. The van der Waals surface area contributed by atoms with E-state index in [-0.39, 0.29) is 11.7 Å². The molecule has 2 aromatic rings. The predicted molar refractivity (Wildman–Crippen MR) is 102 cm³/mol. The molecule has 0 bridgehead atoms. The third-order valence-electron chi connectivity index (χ3n) is 5.04. The molecule has 3 rings (SSSR count). The Kier molecular flexibility index (Phi) is 6.76. The molecule has 2 N–H and O–H groups in total. The SMILES string of the molecule is CC(CC(=O)NCc1ccc(Oc2cccnc2)c(F)c1)C1CCNCC1. The van der Waals surface area contributed by atoms with Crippen LogP contribution in [0, 0.1) is 17.7 Å². The van der Waals surface area contributed by atoms with Crippen molar-refractivity contribution in [1.29, 1.82) is 0 Å². The fourth-order valence-electron chi connectivity index (χ4n) is 3.42. The molecule has 1 amide bonds. The Bertz CT molecular complexity index is 748. The van der Waals surface area contributed by atoms with Crippen molar-refractivity contribution in [1.82, 2.24) is 15.6 Å². The first kappa shape index (κ1) is 19.3. The zero-order valence-electron chi connectivity index (χ0n) is 15.6. The van der Waals surface area contributed by atoms with Crippen LogP contribution in [0.3, 0.4) is 0 Å². The van der Waals surface area contributed by atoms with Gasteiger partial charge in [-0.2, -0.15) is 0 Å². The fourth-order valence-corrected chi connectivity index (χ4v) is 3.42. The molecular formula is C21H26FN3O2. The summed E-state index contributed by atoms with van der Waals surface area (Å²) >= 11 is 0. The monoisotopic (exact) mass is 371 g/mol. The highest BCUT2D eigenvalue weighted by Crippen LogP contribution is 2.25. The minimum Gasteiger partial charge on any atom is -0.453 e. The summed E-state index contributed by atoms with van der Waals surface area (Å²) in [5.74, 6) is 1.12. The molecule has 27 heavy (non-hydrogen) atoms. The summed E-state index contributed by atoms with van der Waals surface area (Å²) in [4.78, 5) is 16.1. The molecule has 0 spiro atoms. The molecule has 1 saturated heterocycles. The van der Waals surface area contributed by atoms with Crippen LogP contribution in [0.5, 0.6) is 11.5 Å². The van der Waals surface area contributed by atoms with E-state index >= 15 is 0 Å². The van der Waals surface area contributed by atoms with E-state index < -0.39 is 5.82 Å². The molecule has 1 aromatic heterocycles. The summed E-state index contributed by atoms with van der Waals surface area (Å²) < 4.78 is 19.7. The van der Waals surface area contributed by atoms with Crippen LogP contribution in [-0.4, -0.2) is 24.0 Å². The number of benzene rings is 1. The maximum absolute atomic E-state index is 14.2. The molecule has 144 valence electrons. The molecule has 2 heterocycles. The first-order chi connectivity index (χ1) is 13.1. The number of carbonyl (C=O) groups excluding carboxylic acids is 1. The van der Waals surface area contributed by atoms with Crippen molar-refractivity contribution in [3.63, 3.8) is 0 Å². The first-order valence-electron chi connectivity index (χ1n) is 9.45. The second-order valence-electron chi connectivity index (χ2n) is 7.10. The Morgan fingerprint density at radius 1 is 1.37 bits per heavy atom. The summed E-state index contributed by atoms with van der Waals surface area (Å²) in [6.07, 6.45) is 5.91. The number of hydrogen-bond acceptors (Lipinski definition) is 4. The van der Waals surface area contributed by atoms with Crippen molar-refractivity contribution in [3.05, 3.63) is 54.1 Å². The van der Waals surface area contributed by atoms with Crippen molar-refractivity contribution in [2.75, 3.05) is 13.1 Å². The molecule has 1 aliphatic heterocycles. The average molecular weight is 371 g/mol. The lowest BCUT2D eigenvalue weighted by Crippen LogP contribution is -2.33. The Balaban J connectivity index is 1.49. The molecular weight excluding hydrogens is 345 g/mol. The number of pyridine rings is 1. The molecule has 0 aliphatic carbocycles. The molecule has 5 nitrogen and oxygen atoms in total. The molecule has 1 aromatic carbocycles. The Morgan fingerprint density at radius 2 is 2.19 bits per heavy atom. The molecule has 0 saturated carbocycles. The number of aromatic nitrogens is 1. The molecule has 0 radical (unpaired) electrons. The maximum Gasteiger partial charge on any atom is 0.220 e. The lowest BCUT2D eigenvalue weighted by atomic mass is 9.84. The normalized spacial score (nSPS) is 15.9. The third-order valence-corrected chi connectivity index (χ3v) is 5.04. The van der Waals surface area contributed by atoms with Crippen LogP contribution in [0.1, 0.15) is 31.7 Å². The van der Waals surface area contributed by atoms with Gasteiger partial charge in [0.1, 0.15) is 5.75 Å². The molecule has 1 unspecified atom stereocenters. The van der Waals surface area contributed by atoms with E-state index in [1.807, 2.05) is 0 Å². The molecule has 6 heteroatoms. The largest absolute Gasteiger partial charge is 0.453 e. The fraction of sp³-hybridized carbons (Fsp3) is 0.429. The molecule has 1 fully saturated rings. The number of nitrogens with zero attached hydrogens (tertiary/aromatic N) is 1. The van der Waals surface area contributed by atoms with E-state index in [0.717, 1.165) is 25.9 Å². The van der Waals surface area contributed by atoms with Gasteiger partial charge in [0.05, 0.1) is 6.20 Å². The minimum atomic E-state index is -0.464. The summed E-state index contributed by atoms with van der Waals surface area (Å²) in [6.45, 7) is 4.51. The summed E-state index contributed by atoms with van der Waals surface area (Å²) in [5, 5.41) is 6.24. The topological polar surface area (TPSA) is 63.2 Å². The van der Waals surface area contributed by atoms with Crippen molar-refractivity contribution in [2.45, 2.75) is 32.7 Å². The Labute approximate surface area is 159 Å². The van der Waals surface area contributed by atoms with Gasteiger partial charge >= 0.3 is 0 Å². The van der Waals surface area contributed by atoms with Crippen LogP contribution in [-0.2, 0) is 11.3 Å². The van der Waals surface area contributed by atoms with Crippen LogP contribution < -0.4 is 15.4 Å². The lowest BCUT2D eigenvalue weighted by molar-refractivity contribution is -0.122. The van der Waals surface area contributed by atoms with Crippen LogP contribution in [0.2, 0.25) is 0 Å². The minimum absolute atomic E-state index is 0.0112. The van der Waals surface area contributed by atoms with Crippen molar-refractivity contribution in [2.24, 2.45) is 11.8 Å². The van der Waals surface area contributed by atoms with Gasteiger partial charge in [0.25, 0.3) is 0 Å². The predicted octanol–water partition coefficient (Wildman–Crippen LogP) is 3.66.